The molecule has 0 aliphatic carbocycles. The molecule has 2 aliphatic heterocycles. The Kier molecular flexibility index (Phi) is 3.08. The lowest BCUT2D eigenvalue weighted by Crippen LogP contribution is -2.51. The minimum Gasteiger partial charge on any atom is -0.394 e. The molecular formula is C9H16N2O4. The van der Waals surface area contributed by atoms with Gasteiger partial charge >= 0.3 is 6.03 Å². The number of carbonyl (C=O) groups is 1. The van der Waals surface area contributed by atoms with E-state index in [0.717, 1.165) is 6.42 Å². The summed E-state index contributed by atoms with van der Waals surface area (Å²) in [4.78, 5) is 13.0. The van der Waals surface area contributed by atoms with Gasteiger partial charge in [0.1, 0.15) is 12.3 Å². The van der Waals surface area contributed by atoms with E-state index in [1.165, 1.54) is 0 Å². The van der Waals surface area contributed by atoms with Crippen molar-refractivity contribution in [1.29, 1.82) is 0 Å². The highest BCUT2D eigenvalue weighted by molar-refractivity contribution is 5.75. The largest absolute Gasteiger partial charge is 0.394 e. The van der Waals surface area contributed by atoms with Gasteiger partial charge in [-0.05, 0) is 6.42 Å². The molecule has 0 radical (unpaired) electrons. The number of nitrogens with one attached hydrogen (secondary N) is 1. The monoisotopic (exact) mass is 216 g/mol. The van der Waals surface area contributed by atoms with Crippen LogP contribution in [0.2, 0.25) is 0 Å². The number of rotatable bonds is 2. The zero-order valence-electron chi connectivity index (χ0n) is 8.43. The van der Waals surface area contributed by atoms with Gasteiger partial charge in [-0.3, -0.25) is 4.90 Å². The minimum atomic E-state index is -0.685. The van der Waals surface area contributed by atoms with Crippen molar-refractivity contribution in [2.75, 3.05) is 19.7 Å². The van der Waals surface area contributed by atoms with Gasteiger partial charge in [-0.1, -0.05) is 0 Å². The Bertz CT molecular complexity index is 248. The van der Waals surface area contributed by atoms with E-state index in [-0.39, 0.29) is 12.6 Å². The normalized spacial score (nSPS) is 36.8. The topological polar surface area (TPSA) is 82.0 Å². The summed E-state index contributed by atoms with van der Waals surface area (Å²) in [6.07, 6.45) is -0.402. The van der Waals surface area contributed by atoms with Gasteiger partial charge in [0.15, 0.2) is 0 Å². The fraction of sp³-hybridized carbons (Fsp3) is 0.889. The molecule has 0 saturated carbocycles. The second kappa shape index (κ2) is 4.34. The average molecular weight is 216 g/mol. The van der Waals surface area contributed by atoms with E-state index < -0.39 is 18.4 Å². The smallest absolute Gasteiger partial charge is 0.319 e. The fourth-order valence-corrected chi connectivity index (χ4v) is 1.99. The standard InChI is InChI=1S/C9H16N2O4/c12-5-7-6(13)4-8(15-7)11-3-1-2-10-9(11)14/h6-8,12-13H,1-5H2,(H,10,14)/t6?,7-,8-/m1/s1. The first-order valence-electron chi connectivity index (χ1n) is 5.21. The Labute approximate surface area is 87.8 Å². The molecule has 1 unspecified atom stereocenters. The zero-order valence-corrected chi connectivity index (χ0v) is 8.43. The molecule has 0 aromatic heterocycles. The summed E-state index contributed by atoms with van der Waals surface area (Å²) in [5.74, 6) is 0. The second-order valence-corrected chi connectivity index (χ2v) is 3.89. The summed E-state index contributed by atoms with van der Waals surface area (Å²) in [7, 11) is 0. The van der Waals surface area contributed by atoms with Crippen LogP contribution in [-0.2, 0) is 4.74 Å². The molecule has 2 saturated heterocycles. The molecule has 0 spiro atoms. The molecule has 15 heavy (non-hydrogen) atoms. The number of carbonyl (C=O) groups excluding carboxylic acids is 1. The summed E-state index contributed by atoms with van der Waals surface area (Å²) < 4.78 is 5.40. The first kappa shape index (κ1) is 10.7. The van der Waals surface area contributed by atoms with Gasteiger partial charge in [-0.15, -0.1) is 0 Å². The van der Waals surface area contributed by atoms with E-state index in [2.05, 4.69) is 5.32 Å². The second-order valence-electron chi connectivity index (χ2n) is 3.89. The number of nitrogens with zero attached hydrogens (tertiary/aromatic N) is 1. The summed E-state index contributed by atoms with van der Waals surface area (Å²) in [5.41, 5.74) is 0. The maximum Gasteiger partial charge on any atom is 0.319 e. The van der Waals surface area contributed by atoms with Crippen molar-refractivity contribution in [3.8, 4) is 0 Å². The third-order valence-electron chi connectivity index (χ3n) is 2.84. The molecule has 2 rings (SSSR count). The lowest BCUT2D eigenvalue weighted by Gasteiger charge is -2.32. The van der Waals surface area contributed by atoms with E-state index in [4.69, 9.17) is 9.84 Å². The van der Waals surface area contributed by atoms with Crippen molar-refractivity contribution in [3.63, 3.8) is 0 Å². The van der Waals surface area contributed by atoms with Crippen molar-refractivity contribution in [2.45, 2.75) is 31.3 Å². The van der Waals surface area contributed by atoms with Crippen LogP contribution in [-0.4, -0.2) is 59.3 Å². The van der Waals surface area contributed by atoms with Crippen LogP contribution in [0.4, 0.5) is 4.79 Å². The number of hydrogen-bond donors (Lipinski definition) is 3. The predicted octanol–water partition coefficient (Wildman–Crippen LogP) is -1.13. The molecule has 2 fully saturated rings. The van der Waals surface area contributed by atoms with E-state index in [9.17, 15) is 9.90 Å². The Morgan fingerprint density at radius 2 is 2.40 bits per heavy atom. The van der Waals surface area contributed by atoms with Crippen LogP contribution in [0.3, 0.4) is 0 Å². The minimum absolute atomic E-state index is 0.156. The molecule has 0 bridgehead atoms. The van der Waals surface area contributed by atoms with Crippen LogP contribution in [0.1, 0.15) is 12.8 Å². The van der Waals surface area contributed by atoms with E-state index >= 15 is 0 Å². The van der Waals surface area contributed by atoms with Gasteiger partial charge in [0.2, 0.25) is 0 Å². The Morgan fingerprint density at radius 3 is 3.00 bits per heavy atom. The van der Waals surface area contributed by atoms with Crippen molar-refractivity contribution in [1.82, 2.24) is 10.2 Å². The highest BCUT2D eigenvalue weighted by Crippen LogP contribution is 2.24. The summed E-state index contributed by atoms with van der Waals surface area (Å²) in [6.45, 7) is 1.11. The lowest BCUT2D eigenvalue weighted by atomic mass is 10.2. The molecular weight excluding hydrogens is 200 g/mol. The Hall–Kier alpha value is -0.850. The van der Waals surface area contributed by atoms with Gasteiger partial charge in [0, 0.05) is 19.5 Å². The Balaban J connectivity index is 1.96. The number of ether oxygens (including phenoxy) is 1. The summed E-state index contributed by atoms with van der Waals surface area (Å²) >= 11 is 0. The molecule has 2 heterocycles. The number of urea groups is 1. The molecule has 86 valence electrons. The summed E-state index contributed by atoms with van der Waals surface area (Å²) in [6, 6.07) is -0.156. The Morgan fingerprint density at radius 1 is 1.60 bits per heavy atom. The van der Waals surface area contributed by atoms with Gasteiger partial charge in [-0.25, -0.2) is 4.79 Å². The summed E-state index contributed by atoms with van der Waals surface area (Å²) in [5, 5.41) is 21.2. The van der Waals surface area contributed by atoms with E-state index in [1.807, 2.05) is 0 Å². The zero-order chi connectivity index (χ0) is 10.8. The van der Waals surface area contributed by atoms with Gasteiger partial charge < -0.3 is 20.3 Å². The van der Waals surface area contributed by atoms with Crippen LogP contribution in [0.15, 0.2) is 0 Å². The third-order valence-corrected chi connectivity index (χ3v) is 2.84. The van der Waals surface area contributed by atoms with Crippen molar-refractivity contribution in [3.05, 3.63) is 0 Å². The van der Waals surface area contributed by atoms with Crippen LogP contribution >= 0.6 is 0 Å². The first-order valence-corrected chi connectivity index (χ1v) is 5.21. The van der Waals surface area contributed by atoms with Crippen LogP contribution in [0.25, 0.3) is 0 Å². The van der Waals surface area contributed by atoms with Gasteiger partial charge in [-0.2, -0.15) is 0 Å². The molecule has 2 aliphatic rings. The average Bonchev–Trinajstić information content (AvgIpc) is 2.60. The SMILES string of the molecule is O=C1NCCCN1[C@H]1CC(O)[C@@H](CO)O1. The highest BCUT2D eigenvalue weighted by Gasteiger charge is 2.39. The molecule has 2 amide bonds. The van der Waals surface area contributed by atoms with E-state index in [1.54, 1.807) is 4.90 Å². The fourth-order valence-electron chi connectivity index (χ4n) is 1.99. The van der Waals surface area contributed by atoms with E-state index in [0.29, 0.717) is 19.5 Å². The quantitative estimate of drug-likeness (QED) is 0.545. The van der Waals surface area contributed by atoms with Crippen molar-refractivity contribution >= 4 is 6.03 Å². The molecule has 6 heteroatoms. The highest BCUT2D eigenvalue weighted by atomic mass is 16.5. The maximum absolute atomic E-state index is 11.5. The third kappa shape index (κ3) is 2.06. The number of aliphatic hydroxyl groups excluding tert-OH is 2. The van der Waals surface area contributed by atoms with Gasteiger partial charge in [0.25, 0.3) is 0 Å². The van der Waals surface area contributed by atoms with Crippen molar-refractivity contribution < 1.29 is 19.7 Å². The predicted molar refractivity (Wildman–Crippen MR) is 51.1 cm³/mol. The first-order chi connectivity index (χ1) is 7.22. The lowest BCUT2D eigenvalue weighted by molar-refractivity contribution is -0.0663. The maximum atomic E-state index is 11.5. The van der Waals surface area contributed by atoms with Gasteiger partial charge in [0.05, 0.1) is 12.7 Å². The molecule has 3 atom stereocenters. The van der Waals surface area contributed by atoms with Crippen LogP contribution in [0.5, 0.6) is 0 Å². The molecule has 6 nitrogen and oxygen atoms in total. The number of amides is 2. The number of aliphatic hydroxyl groups is 2. The van der Waals surface area contributed by atoms with Crippen LogP contribution < -0.4 is 5.32 Å². The van der Waals surface area contributed by atoms with Crippen molar-refractivity contribution in [2.24, 2.45) is 0 Å². The van der Waals surface area contributed by atoms with Crippen LogP contribution in [0, 0.1) is 0 Å². The molecule has 0 aromatic carbocycles. The molecule has 0 aromatic rings. The molecule has 3 N–H and O–H groups in total. The number of hydrogen-bond acceptors (Lipinski definition) is 4.